The maximum Gasteiger partial charge on any atom is 0.102 e. The van der Waals surface area contributed by atoms with Crippen LogP contribution in [-0.4, -0.2) is 0 Å². The molecular formula is C13H7BrClNS. The van der Waals surface area contributed by atoms with Crippen molar-refractivity contribution in [2.75, 3.05) is 0 Å². The zero-order valence-corrected chi connectivity index (χ0v) is 11.8. The first-order valence-electron chi connectivity index (χ1n) is 4.83. The molecule has 84 valence electrons. The van der Waals surface area contributed by atoms with E-state index in [0.29, 0.717) is 10.6 Å². The summed E-state index contributed by atoms with van der Waals surface area (Å²) in [6, 6.07) is 15.5. The van der Waals surface area contributed by atoms with Crippen LogP contribution in [0, 0.1) is 11.3 Å². The van der Waals surface area contributed by atoms with Crippen LogP contribution >= 0.6 is 39.3 Å². The van der Waals surface area contributed by atoms with E-state index in [-0.39, 0.29) is 0 Å². The van der Waals surface area contributed by atoms with Gasteiger partial charge in [-0.25, -0.2) is 0 Å². The van der Waals surface area contributed by atoms with Gasteiger partial charge in [-0.3, -0.25) is 0 Å². The Morgan fingerprint density at radius 3 is 2.47 bits per heavy atom. The molecule has 0 saturated heterocycles. The molecule has 4 heteroatoms. The Morgan fingerprint density at radius 1 is 1.12 bits per heavy atom. The van der Waals surface area contributed by atoms with Crippen LogP contribution < -0.4 is 0 Å². The smallest absolute Gasteiger partial charge is 0.102 e. The van der Waals surface area contributed by atoms with Crippen LogP contribution in [0.25, 0.3) is 0 Å². The lowest BCUT2D eigenvalue weighted by Crippen LogP contribution is -1.82. The third-order valence-electron chi connectivity index (χ3n) is 2.13. The van der Waals surface area contributed by atoms with Crippen LogP contribution in [0.1, 0.15) is 5.56 Å². The first-order chi connectivity index (χ1) is 8.20. The zero-order valence-electron chi connectivity index (χ0n) is 8.65. The lowest BCUT2D eigenvalue weighted by atomic mass is 10.2. The monoisotopic (exact) mass is 323 g/mol. The largest absolute Gasteiger partial charge is 0.192 e. The fraction of sp³-hybridized carbons (Fsp3) is 0. The predicted octanol–water partition coefficient (Wildman–Crippen LogP) is 5.13. The molecule has 0 aliphatic heterocycles. The predicted molar refractivity (Wildman–Crippen MR) is 74.4 cm³/mol. The van der Waals surface area contributed by atoms with Gasteiger partial charge in [0, 0.05) is 14.3 Å². The highest BCUT2D eigenvalue weighted by molar-refractivity contribution is 9.10. The molecule has 0 N–H and O–H groups in total. The highest BCUT2D eigenvalue weighted by Gasteiger charge is 2.07. The molecule has 0 bridgehead atoms. The molecule has 2 aromatic carbocycles. The molecule has 0 atom stereocenters. The summed E-state index contributed by atoms with van der Waals surface area (Å²) in [6.45, 7) is 0. The SMILES string of the molecule is N#Cc1c(Cl)cccc1Sc1ccc(Br)cc1. The number of nitriles is 1. The van der Waals surface area contributed by atoms with Gasteiger partial charge in [-0.05, 0) is 36.4 Å². The minimum absolute atomic E-state index is 0.495. The molecular weight excluding hydrogens is 318 g/mol. The summed E-state index contributed by atoms with van der Waals surface area (Å²) in [6.07, 6.45) is 0. The average Bonchev–Trinajstić information content (AvgIpc) is 2.32. The van der Waals surface area contributed by atoms with E-state index >= 15 is 0 Å². The first-order valence-corrected chi connectivity index (χ1v) is 6.81. The van der Waals surface area contributed by atoms with Crippen molar-refractivity contribution in [3.63, 3.8) is 0 Å². The molecule has 2 rings (SSSR count). The Hall–Kier alpha value is -0.950. The average molecular weight is 325 g/mol. The van der Waals surface area contributed by atoms with Gasteiger partial charge in [0.25, 0.3) is 0 Å². The van der Waals surface area contributed by atoms with Gasteiger partial charge in [-0.2, -0.15) is 5.26 Å². The minimum Gasteiger partial charge on any atom is -0.192 e. The van der Waals surface area contributed by atoms with E-state index in [1.165, 1.54) is 11.8 Å². The number of benzene rings is 2. The minimum atomic E-state index is 0.495. The summed E-state index contributed by atoms with van der Waals surface area (Å²) in [5, 5.41) is 9.56. The van der Waals surface area contributed by atoms with E-state index in [1.54, 1.807) is 6.07 Å². The van der Waals surface area contributed by atoms with Crippen LogP contribution in [0.4, 0.5) is 0 Å². The summed E-state index contributed by atoms with van der Waals surface area (Å²) in [5.41, 5.74) is 0.530. The van der Waals surface area contributed by atoms with Gasteiger partial charge in [-0.1, -0.05) is 45.4 Å². The molecule has 0 saturated carbocycles. The standard InChI is InChI=1S/C13H7BrClNS/c14-9-4-6-10(7-5-9)17-13-3-1-2-12(15)11(13)8-16/h1-7H. The number of hydrogen-bond acceptors (Lipinski definition) is 2. The molecule has 0 amide bonds. The van der Waals surface area contributed by atoms with Crippen molar-refractivity contribution in [2.45, 2.75) is 9.79 Å². The van der Waals surface area contributed by atoms with Gasteiger partial charge in [0.05, 0.1) is 10.6 Å². The van der Waals surface area contributed by atoms with E-state index < -0.39 is 0 Å². The third-order valence-corrected chi connectivity index (χ3v) is 4.04. The lowest BCUT2D eigenvalue weighted by molar-refractivity contribution is 1.35. The van der Waals surface area contributed by atoms with Gasteiger partial charge in [0.15, 0.2) is 0 Å². The highest BCUT2D eigenvalue weighted by Crippen LogP contribution is 2.33. The Bertz CT molecular complexity index is 575. The van der Waals surface area contributed by atoms with Gasteiger partial charge < -0.3 is 0 Å². The van der Waals surface area contributed by atoms with Crippen LogP contribution in [0.5, 0.6) is 0 Å². The Balaban J connectivity index is 2.34. The highest BCUT2D eigenvalue weighted by atomic mass is 79.9. The van der Waals surface area contributed by atoms with E-state index in [9.17, 15) is 0 Å². The number of halogens is 2. The summed E-state index contributed by atoms with van der Waals surface area (Å²) in [7, 11) is 0. The lowest BCUT2D eigenvalue weighted by Gasteiger charge is -2.05. The molecule has 17 heavy (non-hydrogen) atoms. The van der Waals surface area contributed by atoms with E-state index in [2.05, 4.69) is 22.0 Å². The molecule has 0 unspecified atom stereocenters. The summed E-state index contributed by atoms with van der Waals surface area (Å²) in [5.74, 6) is 0. The summed E-state index contributed by atoms with van der Waals surface area (Å²) >= 11 is 10.9. The summed E-state index contributed by atoms with van der Waals surface area (Å²) < 4.78 is 1.04. The maximum atomic E-state index is 9.07. The van der Waals surface area contributed by atoms with E-state index in [0.717, 1.165) is 14.3 Å². The second-order valence-corrected chi connectivity index (χ2v) is 5.72. The van der Waals surface area contributed by atoms with E-state index in [1.807, 2.05) is 36.4 Å². The Morgan fingerprint density at radius 2 is 1.82 bits per heavy atom. The number of rotatable bonds is 2. The van der Waals surface area contributed by atoms with Crippen molar-refractivity contribution in [1.82, 2.24) is 0 Å². The van der Waals surface area contributed by atoms with Gasteiger partial charge in [-0.15, -0.1) is 0 Å². The van der Waals surface area contributed by atoms with Crippen LogP contribution in [0.15, 0.2) is 56.7 Å². The second kappa shape index (κ2) is 5.59. The van der Waals surface area contributed by atoms with Crippen LogP contribution in [-0.2, 0) is 0 Å². The van der Waals surface area contributed by atoms with Crippen molar-refractivity contribution >= 4 is 39.3 Å². The van der Waals surface area contributed by atoms with Crippen molar-refractivity contribution in [1.29, 1.82) is 5.26 Å². The molecule has 0 aliphatic carbocycles. The van der Waals surface area contributed by atoms with Gasteiger partial charge in [0.2, 0.25) is 0 Å². The first kappa shape index (κ1) is 12.5. The summed E-state index contributed by atoms with van der Waals surface area (Å²) in [4.78, 5) is 1.95. The normalized spacial score (nSPS) is 9.94. The van der Waals surface area contributed by atoms with Crippen molar-refractivity contribution in [2.24, 2.45) is 0 Å². The van der Waals surface area contributed by atoms with Gasteiger partial charge in [0.1, 0.15) is 6.07 Å². The Labute approximate surface area is 118 Å². The number of hydrogen-bond donors (Lipinski definition) is 0. The van der Waals surface area contributed by atoms with Crippen molar-refractivity contribution in [3.05, 3.63) is 57.5 Å². The molecule has 2 aromatic rings. The molecule has 0 aromatic heterocycles. The topological polar surface area (TPSA) is 23.8 Å². The number of nitrogens with zero attached hydrogens (tertiary/aromatic N) is 1. The molecule has 0 aliphatic rings. The fourth-order valence-electron chi connectivity index (χ4n) is 1.33. The van der Waals surface area contributed by atoms with Crippen molar-refractivity contribution in [3.8, 4) is 6.07 Å². The second-order valence-electron chi connectivity index (χ2n) is 3.28. The Kier molecular flexibility index (Phi) is 4.11. The van der Waals surface area contributed by atoms with E-state index in [4.69, 9.17) is 16.9 Å². The molecule has 1 nitrogen and oxygen atoms in total. The molecule has 0 fully saturated rings. The zero-order chi connectivity index (χ0) is 12.3. The quantitative estimate of drug-likeness (QED) is 0.765. The maximum absolute atomic E-state index is 9.07. The molecule has 0 radical (unpaired) electrons. The van der Waals surface area contributed by atoms with Crippen LogP contribution in [0.2, 0.25) is 5.02 Å². The molecule has 0 spiro atoms. The van der Waals surface area contributed by atoms with Gasteiger partial charge >= 0.3 is 0 Å². The van der Waals surface area contributed by atoms with Crippen molar-refractivity contribution < 1.29 is 0 Å². The fourth-order valence-corrected chi connectivity index (χ4v) is 2.80. The third kappa shape index (κ3) is 3.04. The van der Waals surface area contributed by atoms with Crippen LogP contribution in [0.3, 0.4) is 0 Å². The molecule has 0 heterocycles.